The summed E-state index contributed by atoms with van der Waals surface area (Å²) in [5, 5.41) is 10.1. The van der Waals surface area contributed by atoms with E-state index >= 15 is 0 Å². The van der Waals surface area contributed by atoms with Crippen molar-refractivity contribution in [1.82, 2.24) is 0 Å². The maximum atomic E-state index is 14.1. The van der Waals surface area contributed by atoms with Gasteiger partial charge in [-0.3, -0.25) is 9.00 Å². The van der Waals surface area contributed by atoms with E-state index in [2.05, 4.69) is 29.2 Å². The van der Waals surface area contributed by atoms with Crippen LogP contribution in [0.15, 0.2) is 35.2 Å². The Morgan fingerprint density at radius 1 is 1.14 bits per heavy atom. The van der Waals surface area contributed by atoms with Crippen molar-refractivity contribution in [3.63, 3.8) is 0 Å². The number of carbonyl (C=O) groups is 2. The Morgan fingerprint density at radius 2 is 1.77 bits per heavy atom. The van der Waals surface area contributed by atoms with Gasteiger partial charge in [0.1, 0.15) is 24.6 Å². The van der Waals surface area contributed by atoms with Crippen LogP contribution in [0.1, 0.15) is 86.3 Å². The summed E-state index contributed by atoms with van der Waals surface area (Å²) in [6.45, 7) is 10.1. The van der Waals surface area contributed by atoms with Crippen molar-refractivity contribution < 1.29 is 28.2 Å². The molecular weight excluding hydrogens is 581 g/mol. The fourth-order valence-corrected chi connectivity index (χ4v) is 7.14. The van der Waals surface area contributed by atoms with Gasteiger partial charge in [-0.15, -0.1) is 11.3 Å². The zero-order valence-electron chi connectivity index (χ0n) is 26.1. The molecule has 0 spiro atoms. The Labute approximate surface area is 261 Å². The molecule has 9 heteroatoms. The number of carboxylic acid groups (broad SMARTS) is 1. The average Bonchev–Trinajstić information content (AvgIpc) is 3.37. The second kappa shape index (κ2) is 13.7. The molecule has 1 amide bonds. The number of ether oxygens (including phenoxy) is 1. The molecule has 1 atom stereocenters. The van der Waals surface area contributed by atoms with E-state index < -0.39 is 15.5 Å². The van der Waals surface area contributed by atoms with Gasteiger partial charge in [-0.25, -0.2) is 9.37 Å². The Kier molecular flexibility index (Phi) is 10.4. The van der Waals surface area contributed by atoms with E-state index in [1.165, 1.54) is 0 Å². The highest BCUT2D eigenvalue weighted by Crippen LogP contribution is 2.37. The van der Waals surface area contributed by atoms with E-state index in [0.29, 0.717) is 53.9 Å². The molecule has 0 radical (unpaired) electrons. The number of carboxylic acids is 1. The van der Waals surface area contributed by atoms with Crippen LogP contribution in [0.3, 0.4) is 0 Å². The molecule has 2 fully saturated rings. The van der Waals surface area contributed by atoms with Crippen molar-refractivity contribution in [2.24, 2.45) is 17.3 Å². The first kappa shape index (κ1) is 32.8. The minimum absolute atomic E-state index is 0.0444. The molecule has 1 saturated heterocycles. The maximum absolute atomic E-state index is 14.1. The molecule has 2 aromatic rings. The zero-order chi connectivity index (χ0) is 31.4. The summed E-state index contributed by atoms with van der Waals surface area (Å²) in [7, 11) is -2.24. The van der Waals surface area contributed by atoms with Crippen LogP contribution in [-0.4, -0.2) is 63.4 Å². The van der Waals surface area contributed by atoms with Gasteiger partial charge in [-0.1, -0.05) is 30.9 Å². The summed E-state index contributed by atoms with van der Waals surface area (Å²) >= 11 is 1.15. The van der Waals surface area contributed by atoms with E-state index in [9.17, 15) is 18.9 Å². The topological polar surface area (TPSA) is 86.9 Å². The van der Waals surface area contributed by atoms with Crippen LogP contribution in [-0.2, 0) is 25.7 Å². The van der Waals surface area contributed by atoms with Crippen LogP contribution in [0.4, 0.5) is 5.69 Å². The first-order chi connectivity index (χ1) is 20.2. The number of benzene rings is 1. The predicted octanol–water partition coefficient (Wildman–Crippen LogP) is 6.13. The van der Waals surface area contributed by atoms with Crippen molar-refractivity contribution >= 4 is 50.7 Å². The van der Waals surface area contributed by atoms with E-state index in [4.69, 9.17) is 4.74 Å². The minimum Gasteiger partial charge on any atom is -0.477 e. The lowest BCUT2D eigenvalue weighted by Crippen LogP contribution is -2.49. The second-order valence-electron chi connectivity index (χ2n) is 13.1. The molecule has 1 aromatic heterocycles. The van der Waals surface area contributed by atoms with Crippen molar-refractivity contribution in [3.8, 4) is 11.8 Å². The smallest absolute Gasteiger partial charge is 0.348 e. The van der Waals surface area contributed by atoms with Crippen molar-refractivity contribution in [2.45, 2.75) is 83.8 Å². The molecule has 2 aliphatic rings. The highest BCUT2D eigenvalue weighted by molar-refractivity contribution is 7.99. The molecule has 1 saturated carbocycles. The molecule has 4 rings (SSSR count). The fraction of sp³-hybridized carbons (Fsp3) is 0.529. The largest absolute Gasteiger partial charge is 0.477 e. The number of anilines is 1. The lowest BCUT2D eigenvalue weighted by molar-refractivity contribution is -0.541. The monoisotopic (exact) mass is 625 g/mol. The summed E-state index contributed by atoms with van der Waals surface area (Å²) in [6, 6.07) is 9.17. The summed E-state index contributed by atoms with van der Waals surface area (Å²) in [5.41, 5.74) is 1.24. The summed E-state index contributed by atoms with van der Waals surface area (Å²) in [6.07, 6.45) is 8.49. The van der Waals surface area contributed by atoms with Gasteiger partial charge in [-0.2, -0.15) is 0 Å². The van der Waals surface area contributed by atoms with Crippen LogP contribution in [0.25, 0.3) is 0 Å². The van der Waals surface area contributed by atoms with E-state index in [1.807, 2.05) is 56.0 Å². The van der Waals surface area contributed by atoms with Crippen LogP contribution in [0, 0.1) is 29.1 Å². The first-order valence-corrected chi connectivity index (χ1v) is 18.0. The van der Waals surface area contributed by atoms with Crippen LogP contribution < -0.4 is 4.90 Å². The summed E-state index contributed by atoms with van der Waals surface area (Å²) < 4.78 is 20.1. The van der Waals surface area contributed by atoms with Gasteiger partial charge in [-0.05, 0) is 91.5 Å². The average molecular weight is 626 g/mol. The third kappa shape index (κ3) is 8.96. The molecule has 7 nitrogen and oxygen atoms in total. The second-order valence-corrected chi connectivity index (χ2v) is 16.7. The van der Waals surface area contributed by atoms with Crippen molar-refractivity contribution in [2.75, 3.05) is 24.2 Å². The molecular formula is C34H45N2O5S2+. The van der Waals surface area contributed by atoms with Crippen LogP contribution in [0.2, 0.25) is 0 Å². The molecule has 1 unspecified atom stereocenters. The minimum atomic E-state index is -2.24. The normalized spacial score (nSPS) is 22.1. The number of nitrogens with zero attached hydrogens (tertiary/aromatic N) is 2. The third-order valence-electron chi connectivity index (χ3n) is 8.09. The number of carbonyl (C=O) groups excluding carboxylic acids is 1. The Morgan fingerprint density at radius 3 is 2.33 bits per heavy atom. The van der Waals surface area contributed by atoms with E-state index in [1.54, 1.807) is 12.7 Å². The summed E-state index contributed by atoms with van der Waals surface area (Å²) in [5.74, 6) is 9.63. The predicted molar refractivity (Wildman–Crippen MR) is 176 cm³/mol. The lowest BCUT2D eigenvalue weighted by atomic mass is 9.82. The Balaban J connectivity index is 1.52. The van der Waals surface area contributed by atoms with Gasteiger partial charge in [0.15, 0.2) is 0 Å². The molecule has 1 aromatic carbocycles. The van der Waals surface area contributed by atoms with Gasteiger partial charge in [0.2, 0.25) is 5.91 Å². The Bertz CT molecular complexity index is 1500. The number of hydrogen-bond acceptors (Lipinski definition) is 5. The quantitative estimate of drug-likeness (QED) is 0.165. The summed E-state index contributed by atoms with van der Waals surface area (Å²) in [4.78, 5) is 29.9. The first-order valence-electron chi connectivity index (χ1n) is 15.0. The number of hydrogen-bond donors (Lipinski definition) is 1. The number of piperidine rings is 1. The lowest BCUT2D eigenvalue weighted by Gasteiger charge is -2.37. The van der Waals surface area contributed by atoms with Gasteiger partial charge in [0.25, 0.3) is 0 Å². The van der Waals surface area contributed by atoms with Gasteiger partial charge < -0.3 is 14.7 Å². The standard InChI is InChI=1S/C34H44N2O5S2/c1-24-7-11-26(12-8-24)32(37)36(30-21-28(15-18-34(2,3)4)42-31(30)33(38)39)27-16-19-35(20-17-27)23-41-22-25-9-13-29(14-10-25)43(5,6)40/h9-10,13-14,21,23-24,26-27H,5,7-8,11-12,16-17,19-20,22H2,1-4,6H3/p+1. The van der Waals surface area contributed by atoms with Gasteiger partial charge in [0, 0.05) is 41.4 Å². The number of thiophene rings is 1. The van der Waals surface area contributed by atoms with E-state index in [-0.39, 0.29) is 28.2 Å². The number of rotatable bonds is 8. The highest BCUT2D eigenvalue weighted by atomic mass is 32.2. The SMILES string of the molecule is C=S(C)(=O)c1ccc(COC=[N+]2CCC(N(C(=O)C3CCC(C)CC3)c3cc(C#CC(C)(C)C)sc3C(=O)O)CC2)cc1. The Hall–Kier alpha value is -3.09. The van der Waals surface area contributed by atoms with Crippen LogP contribution in [0.5, 0.6) is 0 Å². The van der Waals surface area contributed by atoms with Gasteiger partial charge in [0.05, 0.1) is 10.6 Å². The van der Waals surface area contributed by atoms with Crippen molar-refractivity contribution in [3.05, 3.63) is 45.6 Å². The molecule has 1 aliphatic heterocycles. The van der Waals surface area contributed by atoms with Gasteiger partial charge >= 0.3 is 12.4 Å². The molecule has 0 bridgehead atoms. The molecule has 43 heavy (non-hydrogen) atoms. The van der Waals surface area contributed by atoms with Crippen LogP contribution >= 0.6 is 11.3 Å². The maximum Gasteiger partial charge on any atom is 0.348 e. The third-order valence-corrected chi connectivity index (χ3v) is 10.4. The molecule has 1 N–H and O–H groups in total. The van der Waals surface area contributed by atoms with E-state index in [0.717, 1.165) is 42.6 Å². The molecule has 1 aliphatic carbocycles. The molecule has 2 heterocycles. The molecule has 232 valence electrons. The fourth-order valence-electron chi connectivity index (χ4n) is 5.59. The zero-order valence-corrected chi connectivity index (χ0v) is 27.7. The van der Waals surface area contributed by atoms with Crippen molar-refractivity contribution in [1.29, 1.82) is 0 Å². The highest BCUT2D eigenvalue weighted by Gasteiger charge is 2.38. The number of aromatic carboxylic acids is 1. The number of amides is 1.